The SMILES string of the molecule is CCCn1nc(C)c(N)c1NCCCn1nc(C)cc1C. The molecule has 0 spiro atoms. The van der Waals surface area contributed by atoms with Crippen LogP contribution in [0.5, 0.6) is 0 Å². The highest BCUT2D eigenvalue weighted by Crippen LogP contribution is 2.22. The second-order valence-corrected chi connectivity index (χ2v) is 5.50. The van der Waals surface area contributed by atoms with Gasteiger partial charge in [0.1, 0.15) is 5.82 Å². The quantitative estimate of drug-likeness (QED) is 0.768. The van der Waals surface area contributed by atoms with Gasteiger partial charge in [-0.2, -0.15) is 10.2 Å². The molecule has 2 rings (SSSR count). The number of hydrogen-bond donors (Lipinski definition) is 2. The van der Waals surface area contributed by atoms with Crippen molar-refractivity contribution < 1.29 is 0 Å². The van der Waals surface area contributed by atoms with Crippen LogP contribution in [0.25, 0.3) is 0 Å². The molecule has 0 aliphatic heterocycles. The third-order valence-corrected chi connectivity index (χ3v) is 3.55. The molecule has 6 heteroatoms. The van der Waals surface area contributed by atoms with E-state index in [0.29, 0.717) is 0 Å². The lowest BCUT2D eigenvalue weighted by Gasteiger charge is -2.10. The van der Waals surface area contributed by atoms with Crippen LogP contribution in [0, 0.1) is 20.8 Å². The zero-order valence-corrected chi connectivity index (χ0v) is 13.5. The Hall–Kier alpha value is -1.98. The lowest BCUT2D eigenvalue weighted by atomic mass is 10.3. The van der Waals surface area contributed by atoms with Crippen molar-refractivity contribution in [1.82, 2.24) is 19.6 Å². The second kappa shape index (κ2) is 6.65. The van der Waals surface area contributed by atoms with Gasteiger partial charge < -0.3 is 11.1 Å². The van der Waals surface area contributed by atoms with Gasteiger partial charge in [-0.3, -0.25) is 4.68 Å². The smallest absolute Gasteiger partial charge is 0.148 e. The summed E-state index contributed by atoms with van der Waals surface area (Å²) in [4.78, 5) is 0. The number of aromatic nitrogens is 4. The van der Waals surface area contributed by atoms with E-state index in [9.17, 15) is 0 Å². The van der Waals surface area contributed by atoms with Crippen LogP contribution < -0.4 is 11.1 Å². The summed E-state index contributed by atoms with van der Waals surface area (Å²) in [7, 11) is 0. The van der Waals surface area contributed by atoms with Crippen molar-refractivity contribution in [2.75, 3.05) is 17.6 Å². The van der Waals surface area contributed by atoms with Crippen molar-refractivity contribution in [3.05, 3.63) is 23.1 Å². The predicted octanol–water partition coefficient (Wildman–Crippen LogP) is 2.50. The summed E-state index contributed by atoms with van der Waals surface area (Å²) in [5.74, 6) is 0.947. The van der Waals surface area contributed by atoms with Gasteiger partial charge in [0.15, 0.2) is 0 Å². The maximum Gasteiger partial charge on any atom is 0.148 e. The van der Waals surface area contributed by atoms with Crippen LogP contribution in [0.2, 0.25) is 0 Å². The van der Waals surface area contributed by atoms with Crippen molar-refractivity contribution in [2.24, 2.45) is 0 Å². The molecule has 0 saturated heterocycles. The van der Waals surface area contributed by atoms with Gasteiger partial charge in [0, 0.05) is 25.3 Å². The van der Waals surface area contributed by atoms with Crippen molar-refractivity contribution >= 4 is 11.5 Å². The molecule has 0 radical (unpaired) electrons. The third kappa shape index (κ3) is 3.56. The first-order chi connectivity index (χ1) is 10.0. The van der Waals surface area contributed by atoms with Crippen LogP contribution in [-0.4, -0.2) is 26.1 Å². The average molecular weight is 290 g/mol. The Morgan fingerprint density at radius 2 is 1.90 bits per heavy atom. The number of rotatable bonds is 7. The van der Waals surface area contributed by atoms with Gasteiger partial charge in [0.25, 0.3) is 0 Å². The van der Waals surface area contributed by atoms with Gasteiger partial charge in [-0.05, 0) is 39.7 Å². The minimum atomic E-state index is 0.759. The highest BCUT2D eigenvalue weighted by Gasteiger charge is 2.11. The zero-order chi connectivity index (χ0) is 15.4. The molecule has 3 N–H and O–H groups in total. The van der Waals surface area contributed by atoms with Gasteiger partial charge in [-0.1, -0.05) is 6.92 Å². The molecule has 0 bridgehead atoms. The molecule has 21 heavy (non-hydrogen) atoms. The summed E-state index contributed by atoms with van der Waals surface area (Å²) in [6.07, 6.45) is 2.04. The summed E-state index contributed by atoms with van der Waals surface area (Å²) in [6.45, 7) is 10.9. The van der Waals surface area contributed by atoms with Crippen molar-refractivity contribution in [3.8, 4) is 0 Å². The molecule has 0 fully saturated rings. The molecule has 6 nitrogen and oxygen atoms in total. The molecular formula is C15H26N6. The number of nitrogen functional groups attached to an aromatic ring is 1. The fraction of sp³-hybridized carbons (Fsp3) is 0.600. The first-order valence-electron chi connectivity index (χ1n) is 7.60. The minimum Gasteiger partial charge on any atom is -0.394 e. The Kier molecular flexibility index (Phi) is 4.88. The van der Waals surface area contributed by atoms with E-state index in [1.54, 1.807) is 0 Å². The maximum atomic E-state index is 6.09. The van der Waals surface area contributed by atoms with Crippen LogP contribution in [0.4, 0.5) is 11.5 Å². The summed E-state index contributed by atoms with van der Waals surface area (Å²) in [6, 6.07) is 2.10. The molecule has 0 amide bonds. The molecular weight excluding hydrogens is 264 g/mol. The Morgan fingerprint density at radius 3 is 2.52 bits per heavy atom. The topological polar surface area (TPSA) is 73.7 Å². The number of nitrogens with one attached hydrogen (secondary N) is 1. The highest BCUT2D eigenvalue weighted by molar-refractivity contribution is 5.64. The highest BCUT2D eigenvalue weighted by atomic mass is 15.3. The van der Waals surface area contributed by atoms with Crippen LogP contribution in [-0.2, 0) is 13.1 Å². The summed E-state index contributed by atoms with van der Waals surface area (Å²) in [5.41, 5.74) is 10.0. The van der Waals surface area contributed by atoms with E-state index in [1.165, 1.54) is 5.69 Å². The van der Waals surface area contributed by atoms with Gasteiger partial charge in [-0.25, -0.2) is 4.68 Å². The van der Waals surface area contributed by atoms with Crippen LogP contribution in [0.1, 0.15) is 36.8 Å². The van der Waals surface area contributed by atoms with Crippen LogP contribution >= 0.6 is 0 Å². The van der Waals surface area contributed by atoms with E-state index in [2.05, 4.69) is 40.1 Å². The van der Waals surface area contributed by atoms with Gasteiger partial charge in [0.2, 0.25) is 0 Å². The van der Waals surface area contributed by atoms with Crippen molar-refractivity contribution in [1.29, 1.82) is 0 Å². The molecule has 116 valence electrons. The molecule has 0 unspecified atom stereocenters. The van der Waals surface area contributed by atoms with Crippen LogP contribution in [0.15, 0.2) is 6.07 Å². The van der Waals surface area contributed by atoms with Gasteiger partial charge >= 0.3 is 0 Å². The third-order valence-electron chi connectivity index (χ3n) is 3.55. The second-order valence-electron chi connectivity index (χ2n) is 5.50. The molecule has 0 atom stereocenters. The van der Waals surface area contributed by atoms with Gasteiger partial charge in [-0.15, -0.1) is 0 Å². The normalized spacial score (nSPS) is 11.0. The molecule has 2 heterocycles. The summed E-state index contributed by atoms with van der Waals surface area (Å²) in [5, 5.41) is 12.4. The Bertz CT molecular complexity index is 596. The Balaban J connectivity index is 1.90. The standard InChI is InChI=1S/C15H26N6/c1-5-8-21-15(14(16)13(4)19-21)17-7-6-9-20-12(3)10-11(2)18-20/h10,17H,5-9,16H2,1-4H3. The number of nitrogens with zero attached hydrogens (tertiary/aromatic N) is 4. The van der Waals surface area contributed by atoms with E-state index >= 15 is 0 Å². The molecule has 0 aliphatic rings. The molecule has 2 aromatic rings. The Morgan fingerprint density at radius 1 is 1.14 bits per heavy atom. The van der Waals surface area contributed by atoms with E-state index in [4.69, 9.17) is 5.73 Å². The van der Waals surface area contributed by atoms with E-state index < -0.39 is 0 Å². The zero-order valence-electron chi connectivity index (χ0n) is 13.5. The molecule has 0 saturated carbocycles. The lowest BCUT2D eigenvalue weighted by molar-refractivity contribution is 0.568. The average Bonchev–Trinajstić information content (AvgIpc) is 2.88. The minimum absolute atomic E-state index is 0.759. The number of nitrogens with two attached hydrogens (primary N) is 1. The fourth-order valence-corrected chi connectivity index (χ4v) is 2.49. The Labute approximate surface area is 126 Å². The first-order valence-corrected chi connectivity index (χ1v) is 7.60. The molecule has 0 aliphatic carbocycles. The van der Waals surface area contributed by atoms with E-state index in [0.717, 1.165) is 55.4 Å². The fourth-order valence-electron chi connectivity index (χ4n) is 2.49. The maximum absolute atomic E-state index is 6.09. The number of hydrogen-bond acceptors (Lipinski definition) is 4. The monoisotopic (exact) mass is 290 g/mol. The predicted molar refractivity (Wildman–Crippen MR) is 86.5 cm³/mol. The van der Waals surface area contributed by atoms with E-state index in [1.807, 2.05) is 18.5 Å². The lowest BCUT2D eigenvalue weighted by Crippen LogP contribution is -2.13. The number of anilines is 2. The first kappa shape index (κ1) is 15.4. The van der Waals surface area contributed by atoms with Crippen LogP contribution in [0.3, 0.4) is 0 Å². The van der Waals surface area contributed by atoms with Gasteiger partial charge in [0.05, 0.1) is 17.1 Å². The van der Waals surface area contributed by atoms with Crippen molar-refractivity contribution in [3.63, 3.8) is 0 Å². The van der Waals surface area contributed by atoms with Crippen molar-refractivity contribution in [2.45, 2.75) is 53.6 Å². The van der Waals surface area contributed by atoms with E-state index in [-0.39, 0.29) is 0 Å². The molecule has 0 aromatic carbocycles. The largest absolute Gasteiger partial charge is 0.394 e. The molecule has 2 aromatic heterocycles. The summed E-state index contributed by atoms with van der Waals surface area (Å²) < 4.78 is 4.02. The number of aryl methyl sites for hydroxylation is 5. The summed E-state index contributed by atoms with van der Waals surface area (Å²) >= 11 is 0.